The molecular weight excluding hydrogens is 392 g/mol. The summed E-state index contributed by atoms with van der Waals surface area (Å²) in [5, 5.41) is 11.8. The third-order valence-electron chi connectivity index (χ3n) is 5.60. The van der Waals surface area contributed by atoms with E-state index in [-0.39, 0.29) is 0 Å². The van der Waals surface area contributed by atoms with Gasteiger partial charge < -0.3 is 14.5 Å². The van der Waals surface area contributed by atoms with Crippen LogP contribution in [0.2, 0.25) is 0 Å². The molecule has 1 saturated heterocycles. The number of azo groups is 1. The Labute approximate surface area is 181 Å². The van der Waals surface area contributed by atoms with Gasteiger partial charge in [-0.1, -0.05) is 0 Å². The van der Waals surface area contributed by atoms with Gasteiger partial charge in [-0.05, 0) is 62.3 Å². The summed E-state index contributed by atoms with van der Waals surface area (Å²) in [6.07, 6.45) is 5.17. The van der Waals surface area contributed by atoms with Crippen LogP contribution in [0, 0.1) is 0 Å². The lowest BCUT2D eigenvalue weighted by atomic mass is 10.1. The Morgan fingerprint density at radius 1 is 1.10 bits per heavy atom. The second-order valence-electron chi connectivity index (χ2n) is 7.82. The maximum absolute atomic E-state index is 5.97. The zero-order chi connectivity index (χ0) is 20.9. The summed E-state index contributed by atoms with van der Waals surface area (Å²) >= 11 is 0. The van der Waals surface area contributed by atoms with Crippen LogP contribution in [0.15, 0.2) is 57.2 Å². The SMILES string of the molecule is c1cc(-c2cc3c(o2)CCNC3)nc(N=Nc2ccc(OCCN3CCCC3)cc2)n1. The molecule has 31 heavy (non-hydrogen) atoms. The molecule has 0 bridgehead atoms. The monoisotopic (exact) mass is 418 g/mol. The van der Waals surface area contributed by atoms with Crippen LogP contribution < -0.4 is 10.1 Å². The van der Waals surface area contributed by atoms with Gasteiger partial charge in [0.15, 0.2) is 5.76 Å². The number of hydrogen-bond acceptors (Lipinski definition) is 8. The smallest absolute Gasteiger partial charge is 0.269 e. The van der Waals surface area contributed by atoms with Gasteiger partial charge in [0, 0.05) is 37.8 Å². The van der Waals surface area contributed by atoms with E-state index in [1.165, 1.54) is 31.5 Å². The molecule has 1 N–H and O–H groups in total. The van der Waals surface area contributed by atoms with E-state index in [0.29, 0.717) is 18.2 Å². The molecule has 0 unspecified atom stereocenters. The molecule has 160 valence electrons. The quantitative estimate of drug-likeness (QED) is 0.577. The summed E-state index contributed by atoms with van der Waals surface area (Å²) in [4.78, 5) is 11.1. The summed E-state index contributed by atoms with van der Waals surface area (Å²) in [5.74, 6) is 2.91. The molecule has 0 amide bonds. The number of nitrogens with one attached hydrogen (secondary N) is 1. The van der Waals surface area contributed by atoms with Gasteiger partial charge in [0.2, 0.25) is 0 Å². The van der Waals surface area contributed by atoms with E-state index in [0.717, 1.165) is 49.0 Å². The molecule has 0 radical (unpaired) electrons. The third-order valence-corrected chi connectivity index (χ3v) is 5.60. The summed E-state index contributed by atoms with van der Waals surface area (Å²) in [7, 11) is 0. The number of hydrogen-bond donors (Lipinski definition) is 1. The number of nitrogens with zero attached hydrogens (tertiary/aromatic N) is 5. The van der Waals surface area contributed by atoms with Crippen molar-refractivity contribution in [3.63, 3.8) is 0 Å². The fraction of sp³-hybridized carbons (Fsp3) is 0.391. The minimum Gasteiger partial charge on any atom is -0.492 e. The predicted molar refractivity (Wildman–Crippen MR) is 117 cm³/mol. The minimum absolute atomic E-state index is 0.302. The number of aromatic nitrogens is 2. The number of ether oxygens (including phenoxy) is 1. The molecule has 4 heterocycles. The van der Waals surface area contributed by atoms with Crippen molar-refractivity contribution in [1.82, 2.24) is 20.2 Å². The van der Waals surface area contributed by atoms with E-state index in [4.69, 9.17) is 9.15 Å². The minimum atomic E-state index is 0.302. The second kappa shape index (κ2) is 9.36. The third kappa shape index (κ3) is 4.98. The zero-order valence-corrected chi connectivity index (χ0v) is 17.5. The number of rotatable bonds is 7. The molecule has 1 fully saturated rings. The molecule has 0 aliphatic carbocycles. The van der Waals surface area contributed by atoms with Crippen LogP contribution in [0.25, 0.3) is 11.5 Å². The molecule has 2 aliphatic rings. The Hall–Kier alpha value is -3.10. The first-order valence-electron chi connectivity index (χ1n) is 10.9. The topological polar surface area (TPSA) is 88.1 Å². The molecule has 0 atom stereocenters. The summed E-state index contributed by atoms with van der Waals surface area (Å²) in [5.41, 5.74) is 2.62. The van der Waals surface area contributed by atoms with Crippen LogP contribution in [0.1, 0.15) is 24.2 Å². The number of furan rings is 1. The van der Waals surface area contributed by atoms with Crippen LogP contribution in [0.3, 0.4) is 0 Å². The van der Waals surface area contributed by atoms with Crippen molar-refractivity contribution >= 4 is 11.6 Å². The Morgan fingerprint density at radius 2 is 1.97 bits per heavy atom. The standard InChI is InChI=1S/C23H26N6O2/c1-2-12-29(11-1)13-14-30-19-5-3-18(4-6-19)27-28-23-25-10-7-20(26-23)22-15-17-16-24-9-8-21(17)31-22/h3-7,10,15,24H,1-2,8-9,11-14,16H2. The van der Waals surface area contributed by atoms with Crippen molar-refractivity contribution in [2.45, 2.75) is 25.8 Å². The highest BCUT2D eigenvalue weighted by Gasteiger charge is 2.16. The van der Waals surface area contributed by atoms with Crippen LogP contribution in [0.5, 0.6) is 5.75 Å². The first-order chi connectivity index (χ1) is 15.3. The first-order valence-corrected chi connectivity index (χ1v) is 10.9. The summed E-state index contributed by atoms with van der Waals surface area (Å²) in [6.45, 7) is 5.81. The maximum Gasteiger partial charge on any atom is 0.269 e. The van der Waals surface area contributed by atoms with Crippen molar-refractivity contribution in [2.24, 2.45) is 10.2 Å². The predicted octanol–water partition coefficient (Wildman–Crippen LogP) is 4.27. The van der Waals surface area contributed by atoms with Gasteiger partial charge in [-0.2, -0.15) is 0 Å². The van der Waals surface area contributed by atoms with Gasteiger partial charge in [-0.25, -0.2) is 9.97 Å². The zero-order valence-electron chi connectivity index (χ0n) is 17.5. The molecule has 3 aromatic rings. The fourth-order valence-corrected chi connectivity index (χ4v) is 3.92. The molecule has 8 nitrogen and oxygen atoms in total. The van der Waals surface area contributed by atoms with Gasteiger partial charge in [0.25, 0.3) is 5.95 Å². The van der Waals surface area contributed by atoms with E-state index < -0.39 is 0 Å². The van der Waals surface area contributed by atoms with Crippen LogP contribution in [-0.2, 0) is 13.0 Å². The average Bonchev–Trinajstić information content (AvgIpc) is 3.49. The lowest BCUT2D eigenvalue weighted by Crippen LogP contribution is -2.25. The molecule has 1 aromatic carbocycles. The molecular formula is C23H26N6O2. The van der Waals surface area contributed by atoms with E-state index in [1.807, 2.05) is 36.4 Å². The van der Waals surface area contributed by atoms with Gasteiger partial charge >= 0.3 is 0 Å². The van der Waals surface area contributed by atoms with Crippen molar-refractivity contribution < 1.29 is 9.15 Å². The number of likely N-dealkylation sites (tertiary alicyclic amines) is 1. The van der Waals surface area contributed by atoms with E-state index in [9.17, 15) is 0 Å². The maximum atomic E-state index is 5.97. The van der Waals surface area contributed by atoms with Gasteiger partial charge in [0.1, 0.15) is 23.8 Å². The Kier molecular flexibility index (Phi) is 5.99. The molecule has 0 spiro atoms. The summed E-state index contributed by atoms with van der Waals surface area (Å²) < 4.78 is 11.8. The van der Waals surface area contributed by atoms with Crippen molar-refractivity contribution in [3.05, 3.63) is 53.9 Å². The van der Waals surface area contributed by atoms with Crippen molar-refractivity contribution in [1.29, 1.82) is 0 Å². The summed E-state index contributed by atoms with van der Waals surface area (Å²) in [6, 6.07) is 11.4. The van der Waals surface area contributed by atoms with Crippen molar-refractivity contribution in [3.8, 4) is 17.2 Å². The van der Waals surface area contributed by atoms with E-state index >= 15 is 0 Å². The molecule has 2 aromatic heterocycles. The Bertz CT molecular complexity index is 1020. The second-order valence-corrected chi connectivity index (χ2v) is 7.82. The van der Waals surface area contributed by atoms with Crippen molar-refractivity contribution in [2.75, 3.05) is 32.8 Å². The normalized spacial score (nSPS) is 16.6. The number of fused-ring (bicyclic) bond motifs is 1. The van der Waals surface area contributed by atoms with Crippen LogP contribution in [0.4, 0.5) is 11.6 Å². The molecule has 8 heteroatoms. The highest BCUT2D eigenvalue weighted by molar-refractivity contribution is 5.55. The highest BCUT2D eigenvalue weighted by atomic mass is 16.5. The van der Waals surface area contributed by atoms with Gasteiger partial charge in [0.05, 0.1) is 5.69 Å². The fourth-order valence-electron chi connectivity index (χ4n) is 3.92. The van der Waals surface area contributed by atoms with E-state index in [2.05, 4.69) is 30.4 Å². The average molecular weight is 419 g/mol. The largest absolute Gasteiger partial charge is 0.492 e. The Morgan fingerprint density at radius 3 is 2.81 bits per heavy atom. The van der Waals surface area contributed by atoms with E-state index in [1.54, 1.807) is 6.20 Å². The highest BCUT2D eigenvalue weighted by Crippen LogP contribution is 2.27. The lowest BCUT2D eigenvalue weighted by Gasteiger charge is -2.14. The van der Waals surface area contributed by atoms with Crippen LogP contribution >= 0.6 is 0 Å². The molecule has 5 rings (SSSR count). The Balaban J connectivity index is 1.20. The molecule has 2 aliphatic heterocycles. The first kappa shape index (κ1) is 19.8. The van der Waals surface area contributed by atoms with Crippen LogP contribution in [-0.4, -0.2) is 47.7 Å². The van der Waals surface area contributed by atoms with Gasteiger partial charge in [-0.3, -0.25) is 4.90 Å². The molecule has 0 saturated carbocycles. The number of benzene rings is 1. The van der Waals surface area contributed by atoms with Gasteiger partial charge in [-0.15, -0.1) is 10.2 Å². The lowest BCUT2D eigenvalue weighted by molar-refractivity contribution is 0.238.